The van der Waals surface area contributed by atoms with Gasteiger partial charge in [0.25, 0.3) is 0 Å². The molecule has 0 heterocycles. The summed E-state index contributed by atoms with van der Waals surface area (Å²) in [4.78, 5) is 0. The van der Waals surface area contributed by atoms with E-state index in [1.165, 1.54) is 0 Å². The molecule has 5 nitrogen and oxygen atoms in total. The molecule has 1 atom stereocenters. The van der Waals surface area contributed by atoms with E-state index in [1.54, 1.807) is 21.3 Å². The molecule has 0 aliphatic carbocycles. The van der Waals surface area contributed by atoms with Gasteiger partial charge in [0.1, 0.15) is 22.9 Å². The number of ether oxygens (including phenoxy) is 3. The molecule has 1 unspecified atom stereocenters. The fourth-order valence-electron chi connectivity index (χ4n) is 2.77. The summed E-state index contributed by atoms with van der Waals surface area (Å²) in [5, 5.41) is 0. The van der Waals surface area contributed by atoms with E-state index in [4.69, 9.17) is 25.7 Å². The number of hydrogen-bond donors (Lipinski definition) is 2. The average molecular weight is 316 g/mol. The van der Waals surface area contributed by atoms with E-state index in [0.29, 0.717) is 28.6 Å². The molecule has 2 rings (SSSR count). The number of rotatable bonds is 6. The van der Waals surface area contributed by atoms with E-state index in [0.717, 1.165) is 17.5 Å². The van der Waals surface area contributed by atoms with Gasteiger partial charge in [-0.1, -0.05) is 13.0 Å². The molecule has 0 saturated carbocycles. The summed E-state index contributed by atoms with van der Waals surface area (Å²) in [5.74, 6) is 2.06. The van der Waals surface area contributed by atoms with Crippen LogP contribution in [0.3, 0.4) is 0 Å². The Morgan fingerprint density at radius 1 is 0.826 bits per heavy atom. The Morgan fingerprint density at radius 2 is 1.35 bits per heavy atom. The van der Waals surface area contributed by atoms with Crippen molar-refractivity contribution in [1.29, 1.82) is 0 Å². The number of benzene rings is 2. The average Bonchev–Trinajstić information content (AvgIpc) is 2.57. The molecule has 0 amide bonds. The number of methoxy groups -OCH3 is 3. The second kappa shape index (κ2) is 7.13. The molecular weight excluding hydrogens is 292 g/mol. The minimum Gasteiger partial charge on any atom is -0.495 e. The van der Waals surface area contributed by atoms with Crippen LogP contribution in [0.1, 0.15) is 30.4 Å². The van der Waals surface area contributed by atoms with Crippen LogP contribution in [0.4, 0.5) is 11.4 Å². The van der Waals surface area contributed by atoms with Gasteiger partial charge in [0.2, 0.25) is 0 Å². The van der Waals surface area contributed by atoms with Crippen molar-refractivity contribution in [3.8, 4) is 17.2 Å². The van der Waals surface area contributed by atoms with Crippen LogP contribution in [0, 0.1) is 0 Å². The summed E-state index contributed by atoms with van der Waals surface area (Å²) in [5.41, 5.74) is 15.3. The third-order valence-electron chi connectivity index (χ3n) is 4.04. The van der Waals surface area contributed by atoms with Crippen molar-refractivity contribution in [1.82, 2.24) is 0 Å². The van der Waals surface area contributed by atoms with Gasteiger partial charge in [-0.2, -0.15) is 0 Å². The predicted octanol–water partition coefficient (Wildman–Crippen LogP) is 3.42. The lowest BCUT2D eigenvalue weighted by Crippen LogP contribution is -2.04. The van der Waals surface area contributed by atoms with E-state index in [9.17, 15) is 0 Å². The largest absolute Gasteiger partial charge is 0.495 e. The summed E-state index contributed by atoms with van der Waals surface area (Å²) in [6, 6.07) is 9.76. The Hall–Kier alpha value is -2.56. The quantitative estimate of drug-likeness (QED) is 0.798. The molecule has 0 bridgehead atoms. The van der Waals surface area contributed by atoms with Crippen LogP contribution in [-0.4, -0.2) is 21.3 Å². The van der Waals surface area contributed by atoms with Crippen molar-refractivity contribution < 1.29 is 14.2 Å². The number of anilines is 2. The van der Waals surface area contributed by atoms with Gasteiger partial charge in [-0.15, -0.1) is 0 Å². The maximum Gasteiger partial charge on any atom is 0.145 e. The highest BCUT2D eigenvalue weighted by Gasteiger charge is 2.18. The molecule has 0 aliphatic rings. The third kappa shape index (κ3) is 3.28. The highest BCUT2D eigenvalue weighted by molar-refractivity contribution is 5.65. The van der Waals surface area contributed by atoms with Crippen LogP contribution in [0.2, 0.25) is 0 Å². The number of nitrogen functional groups attached to an aromatic ring is 2. The fourth-order valence-corrected chi connectivity index (χ4v) is 2.77. The fraction of sp³-hybridized carbons (Fsp3) is 0.333. The Kier molecular flexibility index (Phi) is 5.21. The molecule has 0 fully saturated rings. The Balaban J connectivity index is 2.53. The summed E-state index contributed by atoms with van der Waals surface area (Å²) in [7, 11) is 4.82. The first-order valence-electron chi connectivity index (χ1n) is 7.50. The van der Waals surface area contributed by atoms with Crippen LogP contribution >= 0.6 is 0 Å². The van der Waals surface area contributed by atoms with Gasteiger partial charge in [-0.25, -0.2) is 0 Å². The lowest BCUT2D eigenvalue weighted by atomic mass is 9.88. The molecule has 0 aromatic heterocycles. The van der Waals surface area contributed by atoms with Gasteiger partial charge in [-0.05, 0) is 41.8 Å². The molecule has 0 spiro atoms. The van der Waals surface area contributed by atoms with Crippen LogP contribution < -0.4 is 25.7 Å². The standard InChI is InChI=1S/C18H24N2O3/c1-5-13(11-6-7-14(19)15(8-11)21-2)12-9-16(22-3)18(20)17(10-12)23-4/h6-10,13H,5,19-20H2,1-4H3. The molecule has 5 heteroatoms. The lowest BCUT2D eigenvalue weighted by Gasteiger charge is -2.20. The Bertz CT molecular complexity index is 661. The molecule has 2 aromatic rings. The molecular formula is C18H24N2O3. The second-order valence-corrected chi connectivity index (χ2v) is 5.30. The minimum absolute atomic E-state index is 0.160. The topological polar surface area (TPSA) is 79.7 Å². The van der Waals surface area contributed by atoms with Gasteiger partial charge in [0, 0.05) is 5.92 Å². The maximum atomic E-state index is 6.03. The molecule has 0 radical (unpaired) electrons. The zero-order valence-corrected chi connectivity index (χ0v) is 14.1. The zero-order valence-electron chi connectivity index (χ0n) is 14.1. The van der Waals surface area contributed by atoms with E-state index >= 15 is 0 Å². The maximum absolute atomic E-state index is 6.03. The normalized spacial score (nSPS) is 11.8. The first kappa shape index (κ1) is 16.8. The van der Waals surface area contributed by atoms with Gasteiger partial charge in [0.15, 0.2) is 0 Å². The van der Waals surface area contributed by atoms with Gasteiger partial charge in [-0.3, -0.25) is 0 Å². The predicted molar refractivity (Wildman–Crippen MR) is 93.5 cm³/mol. The van der Waals surface area contributed by atoms with E-state index in [2.05, 4.69) is 6.92 Å². The zero-order chi connectivity index (χ0) is 17.0. The van der Waals surface area contributed by atoms with Gasteiger partial charge in [0.05, 0.1) is 27.0 Å². The smallest absolute Gasteiger partial charge is 0.145 e. The summed E-state index contributed by atoms with van der Waals surface area (Å²) in [6.45, 7) is 2.13. The first-order valence-corrected chi connectivity index (χ1v) is 7.50. The van der Waals surface area contributed by atoms with Crippen LogP contribution in [0.15, 0.2) is 30.3 Å². The van der Waals surface area contributed by atoms with Crippen LogP contribution in [0.5, 0.6) is 17.2 Å². The second-order valence-electron chi connectivity index (χ2n) is 5.30. The van der Waals surface area contributed by atoms with Gasteiger partial charge < -0.3 is 25.7 Å². The molecule has 0 saturated heterocycles. The molecule has 23 heavy (non-hydrogen) atoms. The van der Waals surface area contributed by atoms with E-state index < -0.39 is 0 Å². The monoisotopic (exact) mass is 316 g/mol. The Morgan fingerprint density at radius 3 is 1.83 bits per heavy atom. The van der Waals surface area contributed by atoms with Crippen molar-refractivity contribution in [2.75, 3.05) is 32.8 Å². The summed E-state index contributed by atoms with van der Waals surface area (Å²) < 4.78 is 16.1. The van der Waals surface area contributed by atoms with Crippen molar-refractivity contribution in [2.24, 2.45) is 0 Å². The highest BCUT2D eigenvalue weighted by atomic mass is 16.5. The van der Waals surface area contributed by atoms with Crippen molar-refractivity contribution >= 4 is 11.4 Å². The lowest BCUT2D eigenvalue weighted by molar-refractivity contribution is 0.397. The molecule has 2 aromatic carbocycles. The van der Waals surface area contributed by atoms with Crippen molar-refractivity contribution in [3.05, 3.63) is 41.5 Å². The van der Waals surface area contributed by atoms with Crippen molar-refractivity contribution in [2.45, 2.75) is 19.3 Å². The minimum atomic E-state index is 0.160. The van der Waals surface area contributed by atoms with Gasteiger partial charge >= 0.3 is 0 Å². The highest BCUT2D eigenvalue weighted by Crippen LogP contribution is 2.39. The molecule has 0 aliphatic heterocycles. The van der Waals surface area contributed by atoms with Crippen molar-refractivity contribution in [3.63, 3.8) is 0 Å². The molecule has 124 valence electrons. The van der Waals surface area contributed by atoms with Crippen LogP contribution in [0.25, 0.3) is 0 Å². The van der Waals surface area contributed by atoms with E-state index in [-0.39, 0.29) is 5.92 Å². The SMILES string of the molecule is CCC(c1ccc(N)c(OC)c1)c1cc(OC)c(N)c(OC)c1. The van der Waals surface area contributed by atoms with Crippen LogP contribution in [-0.2, 0) is 0 Å². The third-order valence-corrected chi connectivity index (χ3v) is 4.04. The first-order chi connectivity index (χ1) is 11.0. The number of hydrogen-bond acceptors (Lipinski definition) is 5. The molecule has 4 N–H and O–H groups in total. The number of nitrogens with two attached hydrogens (primary N) is 2. The summed E-state index contributed by atoms with van der Waals surface area (Å²) in [6.07, 6.45) is 0.906. The summed E-state index contributed by atoms with van der Waals surface area (Å²) >= 11 is 0. The van der Waals surface area contributed by atoms with E-state index in [1.807, 2.05) is 30.3 Å². The Labute approximate surface area is 137 Å².